The van der Waals surface area contributed by atoms with Gasteiger partial charge in [-0.3, -0.25) is 9.36 Å². The molecule has 1 aromatic heterocycles. The van der Waals surface area contributed by atoms with Crippen LogP contribution in [0.1, 0.15) is 19.8 Å². The fourth-order valence-electron chi connectivity index (χ4n) is 3.43. The number of halogens is 1. The van der Waals surface area contributed by atoms with Crippen molar-refractivity contribution in [1.82, 2.24) is 14.8 Å². The van der Waals surface area contributed by atoms with E-state index in [0.717, 1.165) is 43.3 Å². The van der Waals surface area contributed by atoms with Gasteiger partial charge in [0.05, 0.1) is 18.0 Å². The van der Waals surface area contributed by atoms with Crippen LogP contribution in [0.4, 0.5) is 11.6 Å². The fourth-order valence-corrected chi connectivity index (χ4v) is 4.48. The summed E-state index contributed by atoms with van der Waals surface area (Å²) in [6.45, 7) is 3.74. The van der Waals surface area contributed by atoms with Crippen molar-refractivity contribution >= 4 is 40.9 Å². The van der Waals surface area contributed by atoms with Crippen molar-refractivity contribution in [2.24, 2.45) is 0 Å². The maximum Gasteiger partial charge on any atom is 0.237 e. The number of nitrogens with one attached hydrogen (secondary N) is 1. The van der Waals surface area contributed by atoms with Gasteiger partial charge in [-0.2, -0.15) is 0 Å². The van der Waals surface area contributed by atoms with Crippen molar-refractivity contribution in [3.8, 4) is 11.4 Å². The average molecular weight is 458 g/mol. The third-order valence-corrected chi connectivity index (χ3v) is 6.36. The highest BCUT2D eigenvalue weighted by molar-refractivity contribution is 8.00. The van der Waals surface area contributed by atoms with Gasteiger partial charge in [-0.1, -0.05) is 29.4 Å². The van der Waals surface area contributed by atoms with E-state index < -0.39 is 0 Å². The Bertz CT molecular complexity index is 1050. The smallest absolute Gasteiger partial charge is 0.237 e. The molecule has 1 fully saturated rings. The third-order valence-electron chi connectivity index (χ3n) is 5.08. The number of methoxy groups -OCH3 is 1. The molecule has 7 nitrogen and oxygen atoms in total. The van der Waals surface area contributed by atoms with Gasteiger partial charge in [0.1, 0.15) is 5.75 Å². The van der Waals surface area contributed by atoms with Gasteiger partial charge in [-0.15, -0.1) is 10.2 Å². The van der Waals surface area contributed by atoms with E-state index in [1.165, 1.54) is 11.8 Å². The highest BCUT2D eigenvalue weighted by atomic mass is 35.5. The van der Waals surface area contributed by atoms with E-state index in [0.29, 0.717) is 15.9 Å². The number of anilines is 2. The second-order valence-electron chi connectivity index (χ2n) is 7.27. The molecule has 1 atom stereocenters. The molecule has 1 amide bonds. The molecule has 4 rings (SSSR count). The van der Waals surface area contributed by atoms with E-state index in [4.69, 9.17) is 16.3 Å². The van der Waals surface area contributed by atoms with Crippen molar-refractivity contribution in [3.63, 3.8) is 0 Å². The van der Waals surface area contributed by atoms with Gasteiger partial charge in [0.25, 0.3) is 0 Å². The number of hydrogen-bond donors (Lipinski definition) is 1. The Labute approximate surface area is 190 Å². The van der Waals surface area contributed by atoms with E-state index in [9.17, 15) is 4.79 Å². The molecule has 162 valence electrons. The third kappa shape index (κ3) is 4.97. The zero-order chi connectivity index (χ0) is 21.8. The van der Waals surface area contributed by atoms with E-state index >= 15 is 0 Å². The van der Waals surface area contributed by atoms with Gasteiger partial charge < -0.3 is 15.0 Å². The normalized spacial score (nSPS) is 14.5. The van der Waals surface area contributed by atoms with Crippen LogP contribution in [-0.4, -0.2) is 46.1 Å². The Morgan fingerprint density at radius 3 is 2.58 bits per heavy atom. The van der Waals surface area contributed by atoms with Gasteiger partial charge in [-0.25, -0.2) is 0 Å². The lowest BCUT2D eigenvalue weighted by Crippen LogP contribution is -2.24. The summed E-state index contributed by atoms with van der Waals surface area (Å²) in [5.74, 6) is 1.41. The van der Waals surface area contributed by atoms with Crippen LogP contribution in [0.25, 0.3) is 5.69 Å². The summed E-state index contributed by atoms with van der Waals surface area (Å²) < 4.78 is 7.15. The topological polar surface area (TPSA) is 72.3 Å². The first-order valence-electron chi connectivity index (χ1n) is 10.1. The molecule has 1 unspecified atom stereocenters. The highest BCUT2D eigenvalue weighted by Crippen LogP contribution is 2.32. The van der Waals surface area contributed by atoms with Crippen LogP contribution in [0.2, 0.25) is 5.02 Å². The van der Waals surface area contributed by atoms with Crippen molar-refractivity contribution < 1.29 is 9.53 Å². The Hall–Kier alpha value is -2.71. The SMILES string of the molecule is COc1ccc(NC(=O)C(C)Sc2nnc(N3CCCC3)n2-c2cccc(Cl)c2)cc1. The molecule has 2 heterocycles. The number of carbonyl (C=O) groups excluding carboxylic acids is 1. The van der Waals surface area contributed by atoms with Crippen LogP contribution in [0, 0.1) is 0 Å². The first kappa shape index (κ1) is 21.5. The molecule has 1 aliphatic heterocycles. The number of rotatable bonds is 7. The maximum absolute atomic E-state index is 12.8. The number of aromatic nitrogens is 3. The molecule has 31 heavy (non-hydrogen) atoms. The predicted octanol–water partition coefficient (Wildman–Crippen LogP) is 4.65. The minimum Gasteiger partial charge on any atom is -0.497 e. The van der Waals surface area contributed by atoms with Crippen molar-refractivity contribution in [2.75, 3.05) is 30.4 Å². The minimum absolute atomic E-state index is 0.112. The van der Waals surface area contributed by atoms with Gasteiger partial charge >= 0.3 is 0 Å². The lowest BCUT2D eigenvalue weighted by Gasteiger charge is -2.19. The summed E-state index contributed by atoms with van der Waals surface area (Å²) in [7, 11) is 1.61. The second-order valence-corrected chi connectivity index (χ2v) is 9.01. The first-order chi connectivity index (χ1) is 15.0. The Kier molecular flexibility index (Phi) is 6.67. The molecule has 0 saturated carbocycles. The molecule has 0 spiro atoms. The predicted molar refractivity (Wildman–Crippen MR) is 125 cm³/mol. The van der Waals surface area contributed by atoms with Crippen LogP contribution < -0.4 is 15.0 Å². The number of ether oxygens (including phenoxy) is 1. The Balaban J connectivity index is 1.56. The lowest BCUT2D eigenvalue weighted by molar-refractivity contribution is -0.115. The zero-order valence-corrected chi connectivity index (χ0v) is 19.0. The monoisotopic (exact) mass is 457 g/mol. The maximum atomic E-state index is 12.8. The minimum atomic E-state index is -0.379. The molecule has 1 aliphatic rings. The zero-order valence-electron chi connectivity index (χ0n) is 17.4. The van der Waals surface area contributed by atoms with Crippen LogP contribution in [0.3, 0.4) is 0 Å². The second kappa shape index (κ2) is 9.62. The number of carbonyl (C=O) groups is 1. The largest absolute Gasteiger partial charge is 0.497 e. The molecular formula is C22H24ClN5O2S. The van der Waals surface area contributed by atoms with E-state index in [1.54, 1.807) is 7.11 Å². The van der Waals surface area contributed by atoms with Crippen LogP contribution in [0.5, 0.6) is 5.75 Å². The highest BCUT2D eigenvalue weighted by Gasteiger charge is 2.25. The molecule has 3 aromatic rings. The lowest BCUT2D eigenvalue weighted by atomic mass is 10.3. The van der Waals surface area contributed by atoms with E-state index in [1.807, 2.05) is 60.0 Å². The number of thioether (sulfide) groups is 1. The van der Waals surface area contributed by atoms with Crippen LogP contribution in [-0.2, 0) is 4.79 Å². The standard InChI is InChI=1S/C22H24ClN5O2S/c1-15(20(29)24-17-8-10-19(30-2)11-9-17)31-22-26-25-21(27-12-3-4-13-27)28(22)18-7-5-6-16(23)14-18/h5-11,14-15H,3-4,12-13H2,1-2H3,(H,24,29). The van der Waals surface area contributed by atoms with Crippen LogP contribution >= 0.6 is 23.4 Å². The van der Waals surface area contributed by atoms with E-state index in [2.05, 4.69) is 20.4 Å². The summed E-state index contributed by atoms with van der Waals surface area (Å²) in [5, 5.41) is 12.7. The summed E-state index contributed by atoms with van der Waals surface area (Å²) in [6, 6.07) is 14.8. The molecule has 9 heteroatoms. The number of hydrogen-bond acceptors (Lipinski definition) is 6. The summed E-state index contributed by atoms with van der Waals surface area (Å²) in [5.41, 5.74) is 1.59. The Morgan fingerprint density at radius 2 is 1.90 bits per heavy atom. The van der Waals surface area contributed by atoms with Crippen molar-refractivity contribution in [1.29, 1.82) is 0 Å². The molecule has 1 saturated heterocycles. The van der Waals surface area contributed by atoms with Gasteiger partial charge in [-0.05, 0) is 62.2 Å². The van der Waals surface area contributed by atoms with Gasteiger partial charge in [0, 0.05) is 23.8 Å². The quantitative estimate of drug-likeness (QED) is 0.521. The molecule has 2 aromatic carbocycles. The summed E-state index contributed by atoms with van der Waals surface area (Å²) in [4.78, 5) is 15.0. The molecule has 0 aliphatic carbocycles. The van der Waals surface area contributed by atoms with Crippen molar-refractivity contribution in [3.05, 3.63) is 53.6 Å². The number of amides is 1. The van der Waals surface area contributed by atoms with Gasteiger partial charge in [0.2, 0.25) is 11.9 Å². The first-order valence-corrected chi connectivity index (χ1v) is 11.4. The van der Waals surface area contributed by atoms with Crippen molar-refractivity contribution in [2.45, 2.75) is 30.2 Å². The molecule has 0 bridgehead atoms. The molecule has 0 radical (unpaired) electrons. The fraction of sp³-hybridized carbons (Fsp3) is 0.318. The van der Waals surface area contributed by atoms with Crippen LogP contribution in [0.15, 0.2) is 53.7 Å². The average Bonchev–Trinajstić information content (AvgIpc) is 3.44. The van der Waals surface area contributed by atoms with E-state index in [-0.39, 0.29) is 11.2 Å². The summed E-state index contributed by atoms with van der Waals surface area (Å²) in [6.07, 6.45) is 2.26. The molecular weight excluding hydrogens is 434 g/mol. The Morgan fingerprint density at radius 1 is 1.16 bits per heavy atom. The molecule has 1 N–H and O–H groups in total. The number of nitrogens with zero attached hydrogens (tertiary/aromatic N) is 4. The van der Waals surface area contributed by atoms with Gasteiger partial charge in [0.15, 0.2) is 5.16 Å². The number of benzene rings is 2. The summed E-state index contributed by atoms with van der Waals surface area (Å²) >= 11 is 7.61.